The van der Waals surface area contributed by atoms with Gasteiger partial charge in [-0.2, -0.15) is 0 Å². The summed E-state index contributed by atoms with van der Waals surface area (Å²) < 4.78 is 1.16. The molecule has 1 aromatic carbocycles. The Morgan fingerprint density at radius 2 is 2.13 bits per heavy atom. The van der Waals surface area contributed by atoms with Crippen molar-refractivity contribution in [1.29, 1.82) is 0 Å². The number of aliphatic hydroxyl groups is 1. The van der Waals surface area contributed by atoms with E-state index in [-0.39, 0.29) is 18.4 Å². The highest BCUT2D eigenvalue weighted by molar-refractivity contribution is 7.26. The maximum atomic E-state index is 12.6. The maximum absolute atomic E-state index is 12.6. The lowest BCUT2D eigenvalue weighted by molar-refractivity contribution is 0.0786. The molecule has 3 heterocycles. The van der Waals surface area contributed by atoms with Crippen LogP contribution in [0.1, 0.15) is 16.1 Å². The Labute approximate surface area is 142 Å². The fourth-order valence-corrected chi connectivity index (χ4v) is 4.86. The average molecular weight is 344 g/mol. The number of hydrogen-bond donors (Lipinski definition) is 1. The fourth-order valence-electron chi connectivity index (χ4n) is 2.87. The van der Waals surface area contributed by atoms with Gasteiger partial charge < -0.3 is 10.0 Å². The number of amides is 1. The van der Waals surface area contributed by atoms with E-state index in [2.05, 4.69) is 11.1 Å². The number of likely N-dealkylation sites (tertiary alicyclic amines) is 1. The lowest BCUT2D eigenvalue weighted by Gasteiger charge is -2.14. The highest BCUT2D eigenvalue weighted by atomic mass is 32.1. The first-order valence-electron chi connectivity index (χ1n) is 7.60. The smallest absolute Gasteiger partial charge is 0.263 e. The predicted octanol–water partition coefficient (Wildman–Crippen LogP) is 3.48. The third-order valence-electron chi connectivity index (χ3n) is 4.15. The number of para-hydroxylation sites is 1. The lowest BCUT2D eigenvalue weighted by atomic mass is 10.1. The summed E-state index contributed by atoms with van der Waals surface area (Å²) in [6.45, 7) is 1.55. The van der Waals surface area contributed by atoms with E-state index in [1.807, 2.05) is 35.2 Å². The molecule has 1 saturated heterocycles. The minimum atomic E-state index is 0.0679. The lowest BCUT2D eigenvalue weighted by Crippen LogP contribution is -2.28. The van der Waals surface area contributed by atoms with Crippen LogP contribution in [0.15, 0.2) is 36.4 Å². The number of nitrogens with zero attached hydrogens (tertiary/aromatic N) is 2. The molecular weight excluding hydrogens is 328 g/mol. The number of fused-ring (bicyclic) bond motifs is 1. The fraction of sp³-hybridized carbons (Fsp3) is 0.294. The van der Waals surface area contributed by atoms with Gasteiger partial charge in [0.2, 0.25) is 0 Å². The van der Waals surface area contributed by atoms with Gasteiger partial charge in [0.05, 0.1) is 20.0 Å². The Balaban J connectivity index is 1.58. The van der Waals surface area contributed by atoms with Crippen molar-refractivity contribution in [2.75, 3.05) is 19.7 Å². The number of thiazole rings is 1. The molecule has 2 aromatic heterocycles. The van der Waals surface area contributed by atoms with Gasteiger partial charge in [0.1, 0.15) is 5.01 Å². The Kier molecular flexibility index (Phi) is 3.88. The van der Waals surface area contributed by atoms with Gasteiger partial charge in [-0.15, -0.1) is 22.7 Å². The van der Waals surface area contributed by atoms with Crippen LogP contribution in [0.2, 0.25) is 0 Å². The minimum Gasteiger partial charge on any atom is -0.396 e. The molecule has 1 amide bonds. The minimum absolute atomic E-state index is 0.0679. The van der Waals surface area contributed by atoms with Crippen molar-refractivity contribution in [2.24, 2.45) is 5.92 Å². The zero-order chi connectivity index (χ0) is 15.8. The van der Waals surface area contributed by atoms with Crippen molar-refractivity contribution >= 4 is 38.8 Å². The molecule has 1 aliphatic heterocycles. The molecule has 23 heavy (non-hydrogen) atoms. The zero-order valence-electron chi connectivity index (χ0n) is 12.4. The third-order valence-corrected chi connectivity index (χ3v) is 6.43. The SMILES string of the molecule is O=C(c1ccc(-c2nc3ccccc3s2)s1)N1CCC(CO)C1. The molecule has 4 nitrogen and oxygen atoms in total. The predicted molar refractivity (Wildman–Crippen MR) is 94.0 cm³/mol. The van der Waals surface area contributed by atoms with Crippen LogP contribution in [0, 0.1) is 5.92 Å². The van der Waals surface area contributed by atoms with Crippen molar-refractivity contribution < 1.29 is 9.90 Å². The number of thiophene rings is 1. The second-order valence-corrected chi connectivity index (χ2v) is 7.85. The molecule has 0 spiro atoms. The van der Waals surface area contributed by atoms with Crippen molar-refractivity contribution in [3.05, 3.63) is 41.3 Å². The molecule has 1 fully saturated rings. The summed E-state index contributed by atoms with van der Waals surface area (Å²) in [7, 11) is 0. The standard InChI is InChI=1S/C17H16N2O2S2/c20-10-11-7-8-19(9-11)17(21)15-6-5-14(22-15)16-18-12-3-1-2-4-13(12)23-16/h1-6,11,20H,7-10H2. The van der Waals surface area contributed by atoms with Crippen LogP contribution in [0.3, 0.4) is 0 Å². The van der Waals surface area contributed by atoms with E-state index in [0.29, 0.717) is 6.54 Å². The first kappa shape index (κ1) is 14.8. The molecule has 0 bridgehead atoms. The molecule has 6 heteroatoms. The van der Waals surface area contributed by atoms with Crippen LogP contribution in [0.5, 0.6) is 0 Å². The van der Waals surface area contributed by atoms with Crippen LogP contribution in [0.4, 0.5) is 0 Å². The quantitative estimate of drug-likeness (QED) is 0.791. The molecule has 1 N–H and O–H groups in total. The van der Waals surface area contributed by atoms with Crippen molar-refractivity contribution in [3.8, 4) is 9.88 Å². The topological polar surface area (TPSA) is 53.4 Å². The van der Waals surface area contributed by atoms with Gasteiger partial charge in [-0.05, 0) is 30.7 Å². The summed E-state index contributed by atoms with van der Waals surface area (Å²) in [5.74, 6) is 0.293. The number of aliphatic hydroxyl groups excluding tert-OH is 1. The summed E-state index contributed by atoms with van der Waals surface area (Å²) >= 11 is 3.15. The summed E-state index contributed by atoms with van der Waals surface area (Å²) in [6.07, 6.45) is 0.887. The van der Waals surface area contributed by atoms with Gasteiger partial charge in [-0.3, -0.25) is 4.79 Å². The van der Waals surface area contributed by atoms with Gasteiger partial charge in [0.15, 0.2) is 0 Å². The Hall–Kier alpha value is -1.76. The molecule has 118 valence electrons. The number of carbonyl (C=O) groups is 1. The first-order chi connectivity index (χ1) is 11.2. The van der Waals surface area contributed by atoms with Gasteiger partial charge >= 0.3 is 0 Å². The van der Waals surface area contributed by atoms with Crippen molar-refractivity contribution in [3.63, 3.8) is 0 Å². The van der Waals surface area contributed by atoms with Crippen LogP contribution in [0.25, 0.3) is 20.1 Å². The average Bonchev–Trinajstić information content (AvgIpc) is 3.31. The molecule has 3 aromatic rings. The highest BCUT2D eigenvalue weighted by Gasteiger charge is 2.27. The van der Waals surface area contributed by atoms with Crippen LogP contribution < -0.4 is 0 Å². The van der Waals surface area contributed by atoms with E-state index >= 15 is 0 Å². The van der Waals surface area contributed by atoms with Crippen LogP contribution in [-0.2, 0) is 0 Å². The largest absolute Gasteiger partial charge is 0.396 e. The highest BCUT2D eigenvalue weighted by Crippen LogP contribution is 2.35. The molecular formula is C17H16N2O2S2. The van der Waals surface area contributed by atoms with Gasteiger partial charge in [0, 0.05) is 25.6 Å². The third kappa shape index (κ3) is 2.78. The molecule has 1 aliphatic rings. The van der Waals surface area contributed by atoms with Crippen LogP contribution in [-0.4, -0.2) is 40.6 Å². The monoisotopic (exact) mass is 344 g/mol. The normalized spacial score (nSPS) is 18.0. The van der Waals surface area contributed by atoms with Crippen molar-refractivity contribution in [2.45, 2.75) is 6.42 Å². The molecule has 1 unspecified atom stereocenters. The van der Waals surface area contributed by atoms with Gasteiger partial charge in [-0.25, -0.2) is 4.98 Å². The Morgan fingerprint density at radius 3 is 2.91 bits per heavy atom. The molecule has 0 aliphatic carbocycles. The zero-order valence-corrected chi connectivity index (χ0v) is 14.1. The summed E-state index contributed by atoms with van der Waals surface area (Å²) in [6, 6.07) is 11.9. The van der Waals surface area contributed by atoms with E-state index in [1.165, 1.54) is 11.3 Å². The number of benzene rings is 1. The second kappa shape index (κ2) is 6.03. The molecule has 0 saturated carbocycles. The number of hydrogen-bond acceptors (Lipinski definition) is 5. The van der Waals surface area contributed by atoms with Crippen molar-refractivity contribution in [1.82, 2.24) is 9.88 Å². The van der Waals surface area contributed by atoms with Gasteiger partial charge in [0.25, 0.3) is 5.91 Å². The Morgan fingerprint density at radius 1 is 1.26 bits per heavy atom. The summed E-state index contributed by atoms with van der Waals surface area (Å²) in [5.41, 5.74) is 0.999. The summed E-state index contributed by atoms with van der Waals surface area (Å²) in [5, 5.41) is 10.2. The molecule has 0 radical (unpaired) electrons. The number of carbonyl (C=O) groups excluding carboxylic acids is 1. The number of aromatic nitrogens is 1. The number of rotatable bonds is 3. The van der Waals surface area contributed by atoms with E-state index in [9.17, 15) is 9.90 Å². The molecule has 1 atom stereocenters. The first-order valence-corrected chi connectivity index (χ1v) is 9.24. The van der Waals surface area contributed by atoms with Gasteiger partial charge in [-0.1, -0.05) is 12.1 Å². The second-order valence-electron chi connectivity index (χ2n) is 5.74. The summed E-state index contributed by atoms with van der Waals surface area (Å²) in [4.78, 5) is 20.8. The van der Waals surface area contributed by atoms with E-state index in [1.54, 1.807) is 11.3 Å². The Bertz CT molecular complexity index is 822. The van der Waals surface area contributed by atoms with Crippen LogP contribution >= 0.6 is 22.7 Å². The van der Waals surface area contributed by atoms with E-state index in [0.717, 1.165) is 37.9 Å². The van der Waals surface area contributed by atoms with E-state index < -0.39 is 0 Å². The molecule has 4 rings (SSSR count). The maximum Gasteiger partial charge on any atom is 0.263 e. The van der Waals surface area contributed by atoms with E-state index in [4.69, 9.17) is 0 Å².